The number of aryl methyl sites for hydroxylation is 1. The highest BCUT2D eigenvalue weighted by molar-refractivity contribution is 6.05. The summed E-state index contributed by atoms with van der Waals surface area (Å²) in [7, 11) is 1.64. The van der Waals surface area contributed by atoms with Crippen LogP contribution in [-0.4, -0.2) is 41.6 Å². The van der Waals surface area contributed by atoms with E-state index in [1.165, 1.54) is 0 Å². The molecule has 1 aliphatic heterocycles. The quantitative estimate of drug-likeness (QED) is 0.626. The van der Waals surface area contributed by atoms with Gasteiger partial charge in [0.25, 0.3) is 5.91 Å². The minimum atomic E-state index is -0.607. The summed E-state index contributed by atoms with van der Waals surface area (Å²) in [5, 5.41) is 2.93. The van der Waals surface area contributed by atoms with Crippen LogP contribution in [-0.2, 0) is 14.3 Å². The van der Waals surface area contributed by atoms with Crippen LogP contribution in [0.2, 0.25) is 0 Å². The van der Waals surface area contributed by atoms with Crippen molar-refractivity contribution in [3.8, 4) is 0 Å². The second-order valence-electron chi connectivity index (χ2n) is 7.19. The number of rotatable bonds is 7. The van der Waals surface area contributed by atoms with Crippen molar-refractivity contribution in [1.82, 2.24) is 9.55 Å². The molecule has 3 aromatic rings. The molecule has 1 aromatic heterocycles. The highest BCUT2D eigenvalue weighted by atomic mass is 16.5. The van der Waals surface area contributed by atoms with Crippen LogP contribution >= 0.6 is 0 Å². The Balaban J connectivity index is 1.62. The minimum Gasteiger partial charge on any atom is -0.385 e. The lowest BCUT2D eigenvalue weighted by Gasteiger charge is -2.16. The number of aromatic nitrogens is 2. The molecule has 0 unspecified atom stereocenters. The van der Waals surface area contributed by atoms with Crippen LogP contribution in [0.15, 0.2) is 48.5 Å². The Labute approximate surface area is 169 Å². The van der Waals surface area contributed by atoms with Crippen molar-refractivity contribution in [1.29, 1.82) is 0 Å². The van der Waals surface area contributed by atoms with E-state index in [2.05, 4.69) is 10.3 Å². The number of hydrogen-bond acceptors (Lipinski definition) is 4. The molecule has 2 heterocycles. The predicted octanol–water partition coefficient (Wildman–Crippen LogP) is 3.30. The molecule has 150 valence electrons. The van der Waals surface area contributed by atoms with Crippen molar-refractivity contribution in [3.63, 3.8) is 0 Å². The zero-order chi connectivity index (χ0) is 20.4. The molecule has 0 fully saturated rings. The van der Waals surface area contributed by atoms with Crippen molar-refractivity contribution < 1.29 is 14.3 Å². The van der Waals surface area contributed by atoms with E-state index < -0.39 is 6.04 Å². The zero-order valence-electron chi connectivity index (χ0n) is 16.6. The van der Waals surface area contributed by atoms with E-state index in [1.807, 2.05) is 60.0 Å². The second-order valence-corrected chi connectivity index (χ2v) is 7.19. The molecule has 2 amide bonds. The van der Waals surface area contributed by atoms with E-state index in [4.69, 9.17) is 4.74 Å². The number of para-hydroxylation sites is 3. The first-order valence-electron chi connectivity index (χ1n) is 9.73. The number of amides is 2. The van der Waals surface area contributed by atoms with Gasteiger partial charge < -0.3 is 10.1 Å². The molecule has 4 rings (SSSR count). The molecule has 2 aromatic carbocycles. The van der Waals surface area contributed by atoms with Gasteiger partial charge >= 0.3 is 0 Å². The molecule has 0 saturated heterocycles. The van der Waals surface area contributed by atoms with Gasteiger partial charge in [-0.15, -0.1) is 0 Å². The SMILES string of the molecule is COCCCN1C(=O)[C@H](CC(=O)Nc2ccccc2C)n2c1nc1ccccc12. The summed E-state index contributed by atoms with van der Waals surface area (Å²) >= 11 is 0. The first-order chi connectivity index (χ1) is 14.1. The topological polar surface area (TPSA) is 76.5 Å². The number of carbonyl (C=O) groups is 2. The van der Waals surface area contributed by atoms with Crippen molar-refractivity contribution in [2.24, 2.45) is 0 Å². The third-order valence-electron chi connectivity index (χ3n) is 5.21. The number of nitrogens with zero attached hydrogens (tertiary/aromatic N) is 3. The molecule has 0 bridgehead atoms. The molecule has 0 spiro atoms. The van der Waals surface area contributed by atoms with Crippen LogP contribution in [0, 0.1) is 6.92 Å². The van der Waals surface area contributed by atoms with Gasteiger partial charge in [0.05, 0.1) is 17.5 Å². The van der Waals surface area contributed by atoms with Crippen LogP contribution in [0.4, 0.5) is 11.6 Å². The van der Waals surface area contributed by atoms with Crippen LogP contribution < -0.4 is 10.2 Å². The fourth-order valence-electron chi connectivity index (χ4n) is 3.76. The maximum absolute atomic E-state index is 13.2. The minimum absolute atomic E-state index is 0.0568. The Hall–Kier alpha value is -3.19. The van der Waals surface area contributed by atoms with Crippen molar-refractivity contribution >= 4 is 34.5 Å². The van der Waals surface area contributed by atoms with Crippen molar-refractivity contribution in [2.75, 3.05) is 30.5 Å². The van der Waals surface area contributed by atoms with Gasteiger partial charge in [0.2, 0.25) is 11.9 Å². The van der Waals surface area contributed by atoms with Crippen LogP contribution in [0.1, 0.15) is 24.4 Å². The van der Waals surface area contributed by atoms with Gasteiger partial charge in [-0.3, -0.25) is 19.1 Å². The molecular formula is C22H24N4O3. The Morgan fingerprint density at radius 3 is 2.72 bits per heavy atom. The Morgan fingerprint density at radius 1 is 1.17 bits per heavy atom. The summed E-state index contributed by atoms with van der Waals surface area (Å²) in [6.45, 7) is 3.00. The molecular weight excluding hydrogens is 368 g/mol. The summed E-state index contributed by atoms with van der Waals surface area (Å²) in [6, 6.07) is 14.7. The van der Waals surface area contributed by atoms with Gasteiger partial charge in [0, 0.05) is 25.9 Å². The molecule has 1 N–H and O–H groups in total. The van der Waals surface area contributed by atoms with Gasteiger partial charge in [0.1, 0.15) is 6.04 Å². The van der Waals surface area contributed by atoms with E-state index in [0.717, 1.165) is 22.3 Å². The van der Waals surface area contributed by atoms with Crippen LogP contribution in [0.5, 0.6) is 0 Å². The third kappa shape index (κ3) is 3.61. The maximum Gasteiger partial charge on any atom is 0.253 e. The predicted molar refractivity (Wildman–Crippen MR) is 112 cm³/mol. The number of hydrogen-bond donors (Lipinski definition) is 1. The average Bonchev–Trinajstić information content (AvgIpc) is 3.20. The molecule has 0 aliphatic carbocycles. The van der Waals surface area contributed by atoms with Crippen molar-refractivity contribution in [3.05, 3.63) is 54.1 Å². The van der Waals surface area contributed by atoms with E-state index in [9.17, 15) is 9.59 Å². The van der Waals surface area contributed by atoms with E-state index in [1.54, 1.807) is 12.0 Å². The number of imidazole rings is 1. The van der Waals surface area contributed by atoms with Gasteiger partial charge in [-0.05, 0) is 37.1 Å². The van der Waals surface area contributed by atoms with Gasteiger partial charge in [0.15, 0.2) is 0 Å². The standard InChI is InChI=1S/C22H24N4O3/c1-15-8-3-4-9-16(15)23-20(27)14-19-21(28)25(12-7-13-29-2)22-24-17-10-5-6-11-18(17)26(19)22/h3-6,8-11,19H,7,12-14H2,1-2H3,(H,23,27)/t19-/m0/s1. The highest BCUT2D eigenvalue weighted by Crippen LogP contribution is 2.36. The largest absolute Gasteiger partial charge is 0.385 e. The molecule has 0 saturated carbocycles. The van der Waals surface area contributed by atoms with Crippen LogP contribution in [0.25, 0.3) is 11.0 Å². The number of ether oxygens (including phenoxy) is 1. The first kappa shape index (κ1) is 19.1. The number of benzene rings is 2. The number of fused-ring (bicyclic) bond motifs is 3. The summed E-state index contributed by atoms with van der Waals surface area (Å²) in [4.78, 5) is 32.3. The monoisotopic (exact) mass is 392 g/mol. The number of nitrogens with one attached hydrogen (secondary N) is 1. The Bertz CT molecular complexity index is 1060. The summed E-state index contributed by atoms with van der Waals surface area (Å²) < 4.78 is 7.01. The zero-order valence-corrected chi connectivity index (χ0v) is 16.6. The fraction of sp³-hybridized carbons (Fsp3) is 0.318. The van der Waals surface area contributed by atoms with E-state index in [-0.39, 0.29) is 18.2 Å². The van der Waals surface area contributed by atoms with Gasteiger partial charge in [-0.25, -0.2) is 4.98 Å². The first-order valence-corrected chi connectivity index (χ1v) is 9.73. The van der Waals surface area contributed by atoms with Gasteiger partial charge in [-0.2, -0.15) is 0 Å². The molecule has 0 radical (unpaired) electrons. The normalized spacial score (nSPS) is 15.7. The molecule has 1 aliphatic rings. The highest BCUT2D eigenvalue weighted by Gasteiger charge is 2.40. The lowest BCUT2D eigenvalue weighted by molar-refractivity contribution is -0.124. The number of anilines is 2. The molecule has 7 nitrogen and oxygen atoms in total. The Kier molecular flexibility index (Phi) is 5.31. The lowest BCUT2D eigenvalue weighted by Crippen LogP contribution is -2.32. The van der Waals surface area contributed by atoms with Crippen LogP contribution in [0.3, 0.4) is 0 Å². The number of methoxy groups -OCH3 is 1. The third-order valence-corrected chi connectivity index (χ3v) is 5.21. The maximum atomic E-state index is 13.2. The molecule has 7 heteroatoms. The van der Waals surface area contributed by atoms with Crippen molar-refractivity contribution in [2.45, 2.75) is 25.8 Å². The Morgan fingerprint density at radius 2 is 1.93 bits per heavy atom. The summed E-state index contributed by atoms with van der Waals surface area (Å²) in [5.41, 5.74) is 3.42. The molecule has 29 heavy (non-hydrogen) atoms. The molecule has 1 atom stereocenters. The van der Waals surface area contributed by atoms with E-state index >= 15 is 0 Å². The smallest absolute Gasteiger partial charge is 0.253 e. The lowest BCUT2D eigenvalue weighted by atomic mass is 10.1. The summed E-state index contributed by atoms with van der Waals surface area (Å²) in [5.74, 6) is 0.301. The average molecular weight is 392 g/mol. The van der Waals surface area contributed by atoms with Gasteiger partial charge in [-0.1, -0.05) is 30.3 Å². The fourth-order valence-corrected chi connectivity index (χ4v) is 3.76. The summed E-state index contributed by atoms with van der Waals surface area (Å²) in [6.07, 6.45) is 0.759. The number of carbonyl (C=O) groups excluding carboxylic acids is 2. The second kappa shape index (κ2) is 8.05. The van der Waals surface area contributed by atoms with E-state index in [0.29, 0.717) is 25.5 Å².